The van der Waals surface area contributed by atoms with Crippen molar-refractivity contribution < 1.29 is 9.18 Å². The molecule has 2 nitrogen and oxygen atoms in total. The third-order valence-electron chi connectivity index (χ3n) is 4.01. The highest BCUT2D eigenvalue weighted by atomic mass is 35.5. The summed E-state index contributed by atoms with van der Waals surface area (Å²) in [6.07, 6.45) is 4.45. The van der Waals surface area contributed by atoms with Gasteiger partial charge in [0.1, 0.15) is 5.82 Å². The molecule has 1 amide bonds. The van der Waals surface area contributed by atoms with Gasteiger partial charge in [-0.05, 0) is 37.5 Å². The number of benzene rings is 1. The van der Waals surface area contributed by atoms with Crippen LogP contribution < -0.4 is 5.32 Å². The Morgan fingerprint density at radius 2 is 2.11 bits per heavy atom. The first kappa shape index (κ1) is 14.3. The van der Waals surface area contributed by atoms with Crippen LogP contribution in [0, 0.1) is 18.2 Å². The molecule has 1 fully saturated rings. The Hall–Kier alpha value is -1.09. The maximum absolute atomic E-state index is 13.4. The molecular weight excluding hydrogens is 265 g/mol. The van der Waals surface area contributed by atoms with Gasteiger partial charge in [-0.3, -0.25) is 4.79 Å². The smallest absolute Gasteiger partial charge is 0.251 e. The zero-order valence-electron chi connectivity index (χ0n) is 11.1. The standard InChI is InChI=1S/C15H19ClFNO/c1-11-4-5-12(8-13(11)17)14(19)18-10-15(9-16)6-2-3-7-15/h4-5,8H,2-3,6-7,9-10H2,1H3,(H,18,19). The van der Waals surface area contributed by atoms with Crippen molar-refractivity contribution in [3.63, 3.8) is 0 Å². The fourth-order valence-corrected chi connectivity index (χ4v) is 2.95. The molecule has 4 heteroatoms. The van der Waals surface area contributed by atoms with Gasteiger partial charge in [-0.1, -0.05) is 18.9 Å². The Kier molecular flexibility index (Phi) is 4.46. The molecule has 0 spiro atoms. The molecule has 1 aliphatic carbocycles. The van der Waals surface area contributed by atoms with Crippen LogP contribution in [0.5, 0.6) is 0 Å². The lowest BCUT2D eigenvalue weighted by molar-refractivity contribution is 0.0934. The lowest BCUT2D eigenvalue weighted by Gasteiger charge is -2.26. The van der Waals surface area contributed by atoms with E-state index in [9.17, 15) is 9.18 Å². The first-order valence-electron chi connectivity index (χ1n) is 6.67. The largest absolute Gasteiger partial charge is 0.351 e. The summed E-state index contributed by atoms with van der Waals surface area (Å²) in [4.78, 5) is 12.0. The van der Waals surface area contributed by atoms with E-state index in [1.807, 2.05) is 0 Å². The average Bonchev–Trinajstić information content (AvgIpc) is 2.89. The summed E-state index contributed by atoms with van der Waals surface area (Å²) in [5, 5.41) is 2.89. The number of aryl methyl sites for hydroxylation is 1. The van der Waals surface area contributed by atoms with Crippen LogP contribution in [0.2, 0.25) is 0 Å². The number of carbonyl (C=O) groups is 1. The number of hydrogen-bond donors (Lipinski definition) is 1. The number of carbonyl (C=O) groups excluding carboxylic acids is 1. The first-order chi connectivity index (χ1) is 9.06. The van der Waals surface area contributed by atoms with E-state index in [2.05, 4.69) is 5.32 Å². The summed E-state index contributed by atoms with van der Waals surface area (Å²) in [5.41, 5.74) is 0.941. The third kappa shape index (κ3) is 3.27. The summed E-state index contributed by atoms with van der Waals surface area (Å²) < 4.78 is 13.4. The van der Waals surface area contributed by atoms with Gasteiger partial charge < -0.3 is 5.32 Å². The van der Waals surface area contributed by atoms with Crippen molar-refractivity contribution in [2.75, 3.05) is 12.4 Å². The molecule has 0 bridgehead atoms. The van der Waals surface area contributed by atoms with E-state index in [0.717, 1.165) is 12.8 Å². The number of nitrogens with one attached hydrogen (secondary N) is 1. The van der Waals surface area contributed by atoms with Crippen LogP contribution in [-0.2, 0) is 0 Å². The van der Waals surface area contributed by atoms with Gasteiger partial charge in [0, 0.05) is 23.4 Å². The highest BCUT2D eigenvalue weighted by Gasteiger charge is 2.33. The predicted molar refractivity (Wildman–Crippen MR) is 75.1 cm³/mol. The molecule has 19 heavy (non-hydrogen) atoms. The van der Waals surface area contributed by atoms with Crippen LogP contribution in [0.15, 0.2) is 18.2 Å². The van der Waals surface area contributed by atoms with E-state index in [4.69, 9.17) is 11.6 Å². The van der Waals surface area contributed by atoms with Crippen molar-refractivity contribution >= 4 is 17.5 Å². The van der Waals surface area contributed by atoms with Gasteiger partial charge in [-0.2, -0.15) is 0 Å². The fraction of sp³-hybridized carbons (Fsp3) is 0.533. The van der Waals surface area contributed by atoms with Gasteiger partial charge in [-0.25, -0.2) is 4.39 Å². The van der Waals surface area contributed by atoms with E-state index in [0.29, 0.717) is 23.6 Å². The van der Waals surface area contributed by atoms with Crippen molar-refractivity contribution in [3.05, 3.63) is 35.1 Å². The minimum absolute atomic E-state index is 0.0282. The molecule has 0 aliphatic heterocycles. The van der Waals surface area contributed by atoms with Crippen LogP contribution in [0.25, 0.3) is 0 Å². The molecule has 0 radical (unpaired) electrons. The minimum atomic E-state index is -0.347. The van der Waals surface area contributed by atoms with Gasteiger partial charge in [0.2, 0.25) is 0 Å². The van der Waals surface area contributed by atoms with Crippen molar-refractivity contribution in [1.29, 1.82) is 0 Å². The molecule has 1 aromatic carbocycles. The summed E-state index contributed by atoms with van der Waals surface area (Å²) in [5.74, 6) is -0.00825. The van der Waals surface area contributed by atoms with E-state index >= 15 is 0 Å². The van der Waals surface area contributed by atoms with Crippen LogP contribution in [0.4, 0.5) is 4.39 Å². The van der Waals surface area contributed by atoms with Gasteiger partial charge in [0.05, 0.1) is 0 Å². The van der Waals surface area contributed by atoms with Crippen LogP contribution in [0.1, 0.15) is 41.6 Å². The molecule has 0 aromatic heterocycles. The number of halogens is 2. The topological polar surface area (TPSA) is 29.1 Å². The molecule has 2 rings (SSSR count). The second-order valence-electron chi connectivity index (χ2n) is 5.49. The number of amides is 1. The molecule has 1 aromatic rings. The van der Waals surface area contributed by atoms with E-state index in [1.54, 1.807) is 19.1 Å². The Balaban J connectivity index is 1.99. The summed E-state index contributed by atoms with van der Waals surface area (Å²) in [6.45, 7) is 2.25. The number of hydrogen-bond acceptors (Lipinski definition) is 1. The molecule has 0 saturated heterocycles. The van der Waals surface area contributed by atoms with Gasteiger partial charge >= 0.3 is 0 Å². The lowest BCUT2D eigenvalue weighted by Crippen LogP contribution is -2.37. The van der Waals surface area contributed by atoms with Gasteiger partial charge in [0.25, 0.3) is 5.91 Å². The lowest BCUT2D eigenvalue weighted by atomic mass is 9.88. The van der Waals surface area contributed by atoms with Crippen LogP contribution in [-0.4, -0.2) is 18.3 Å². The average molecular weight is 284 g/mol. The normalized spacial score (nSPS) is 17.4. The summed E-state index contributed by atoms with van der Waals surface area (Å²) in [6, 6.07) is 4.56. The molecule has 1 aliphatic rings. The van der Waals surface area contributed by atoms with E-state index in [1.165, 1.54) is 18.9 Å². The Labute approximate surface area is 118 Å². The SMILES string of the molecule is Cc1ccc(C(=O)NCC2(CCl)CCCC2)cc1F. The van der Waals surface area contributed by atoms with Crippen molar-refractivity contribution in [2.24, 2.45) is 5.41 Å². The van der Waals surface area contributed by atoms with Crippen LogP contribution >= 0.6 is 11.6 Å². The Morgan fingerprint density at radius 1 is 1.42 bits per heavy atom. The van der Waals surface area contributed by atoms with Gasteiger partial charge in [-0.15, -0.1) is 11.6 Å². The monoisotopic (exact) mass is 283 g/mol. The molecular formula is C15H19ClFNO. The molecule has 1 saturated carbocycles. The zero-order valence-corrected chi connectivity index (χ0v) is 11.9. The van der Waals surface area contributed by atoms with E-state index < -0.39 is 0 Å². The van der Waals surface area contributed by atoms with Crippen molar-refractivity contribution in [1.82, 2.24) is 5.32 Å². The minimum Gasteiger partial charge on any atom is -0.351 e. The van der Waals surface area contributed by atoms with E-state index in [-0.39, 0.29) is 17.1 Å². The maximum Gasteiger partial charge on any atom is 0.251 e. The summed E-state index contributed by atoms with van der Waals surface area (Å²) in [7, 11) is 0. The van der Waals surface area contributed by atoms with Crippen molar-refractivity contribution in [3.8, 4) is 0 Å². The first-order valence-corrected chi connectivity index (χ1v) is 7.20. The second-order valence-corrected chi connectivity index (χ2v) is 5.75. The molecule has 104 valence electrons. The predicted octanol–water partition coefficient (Wildman–Crippen LogP) is 3.66. The summed E-state index contributed by atoms with van der Waals surface area (Å²) >= 11 is 6.03. The number of rotatable bonds is 4. The number of alkyl halides is 1. The third-order valence-corrected chi connectivity index (χ3v) is 4.57. The highest BCUT2D eigenvalue weighted by molar-refractivity contribution is 6.18. The Morgan fingerprint density at radius 3 is 2.68 bits per heavy atom. The molecule has 1 N–H and O–H groups in total. The zero-order chi connectivity index (χ0) is 13.9. The molecule has 0 unspecified atom stereocenters. The van der Waals surface area contributed by atoms with Crippen molar-refractivity contribution in [2.45, 2.75) is 32.6 Å². The maximum atomic E-state index is 13.4. The highest BCUT2D eigenvalue weighted by Crippen LogP contribution is 2.38. The van der Waals surface area contributed by atoms with Crippen LogP contribution in [0.3, 0.4) is 0 Å². The fourth-order valence-electron chi connectivity index (χ4n) is 2.59. The quantitative estimate of drug-likeness (QED) is 0.840. The molecule has 0 heterocycles. The second kappa shape index (κ2) is 5.91. The molecule has 0 atom stereocenters. The Bertz CT molecular complexity index is 469. The van der Waals surface area contributed by atoms with Gasteiger partial charge in [0.15, 0.2) is 0 Å².